The Labute approximate surface area is 152 Å². The molecule has 8 heteroatoms. The molecule has 1 aromatic carbocycles. The van der Waals surface area contributed by atoms with Crippen molar-refractivity contribution in [1.29, 1.82) is 0 Å². The third-order valence-corrected chi connectivity index (χ3v) is 4.18. The van der Waals surface area contributed by atoms with Gasteiger partial charge in [-0.25, -0.2) is 0 Å². The molecule has 0 spiro atoms. The van der Waals surface area contributed by atoms with E-state index in [1.165, 1.54) is 5.01 Å². The van der Waals surface area contributed by atoms with Crippen molar-refractivity contribution in [2.75, 3.05) is 11.6 Å². The van der Waals surface area contributed by atoms with E-state index in [0.29, 0.717) is 5.69 Å². The molecular weight excluding hydrogens is 334 g/mol. The van der Waals surface area contributed by atoms with Gasteiger partial charge in [-0.15, -0.1) is 0 Å². The third kappa shape index (κ3) is 5.05. The molecule has 3 amide bonds. The van der Waals surface area contributed by atoms with Crippen molar-refractivity contribution < 1.29 is 14.4 Å². The highest BCUT2D eigenvalue weighted by Crippen LogP contribution is 2.24. The van der Waals surface area contributed by atoms with E-state index in [2.05, 4.69) is 15.7 Å². The van der Waals surface area contributed by atoms with Crippen LogP contribution in [0.4, 0.5) is 5.69 Å². The molecule has 0 aliphatic carbocycles. The average molecular weight is 359 g/mol. The zero-order valence-electron chi connectivity index (χ0n) is 15.1. The van der Waals surface area contributed by atoms with E-state index in [1.54, 1.807) is 12.1 Å². The van der Waals surface area contributed by atoms with E-state index in [9.17, 15) is 14.4 Å². The zero-order valence-corrected chi connectivity index (χ0v) is 15.1. The Morgan fingerprint density at radius 2 is 2.00 bits per heavy atom. The summed E-state index contributed by atoms with van der Waals surface area (Å²) in [5, 5.41) is 11.2. The number of benzene rings is 1. The van der Waals surface area contributed by atoms with E-state index in [0.717, 1.165) is 6.42 Å². The number of hydrazone groups is 1. The van der Waals surface area contributed by atoms with Crippen molar-refractivity contribution in [3.8, 4) is 0 Å². The molecule has 0 unspecified atom stereocenters. The minimum Gasteiger partial charge on any atom is -0.368 e. The minimum atomic E-state index is -0.702. The summed E-state index contributed by atoms with van der Waals surface area (Å²) in [7, 11) is 0. The van der Waals surface area contributed by atoms with Gasteiger partial charge in [0.15, 0.2) is 0 Å². The Balaban J connectivity index is 1.94. The van der Waals surface area contributed by atoms with Crippen LogP contribution in [0.25, 0.3) is 0 Å². The summed E-state index contributed by atoms with van der Waals surface area (Å²) in [5.41, 5.74) is 6.36. The van der Waals surface area contributed by atoms with Crippen molar-refractivity contribution in [1.82, 2.24) is 10.6 Å². The molecule has 0 saturated heterocycles. The standard InChI is InChI=1S/C18H25N5O3/c1-3-12(2)21-16(24)9-10-20-18(26)14-11-15(17(19)25)23(22-14)13-7-5-4-6-8-13/h4-8,12,15H,3,9-11H2,1-2H3,(H2,19,25)(H,20,26)(H,21,24)/t12-,15+/m0/s1. The summed E-state index contributed by atoms with van der Waals surface area (Å²) in [6.07, 6.45) is 1.17. The number of nitrogens with one attached hydrogen (secondary N) is 2. The first-order chi connectivity index (χ1) is 12.4. The second kappa shape index (κ2) is 8.98. The normalized spacial score (nSPS) is 17.4. The summed E-state index contributed by atoms with van der Waals surface area (Å²) >= 11 is 0. The van der Waals surface area contributed by atoms with Gasteiger partial charge >= 0.3 is 0 Å². The molecule has 0 radical (unpaired) electrons. The molecule has 1 aromatic rings. The van der Waals surface area contributed by atoms with Gasteiger partial charge in [-0.1, -0.05) is 25.1 Å². The maximum Gasteiger partial charge on any atom is 0.267 e. The number of amides is 3. The number of para-hydroxylation sites is 1. The second-order valence-electron chi connectivity index (χ2n) is 6.23. The summed E-state index contributed by atoms with van der Waals surface area (Å²) in [4.78, 5) is 35.7. The molecule has 1 heterocycles. The first kappa shape index (κ1) is 19.4. The lowest BCUT2D eigenvalue weighted by Crippen LogP contribution is -2.40. The van der Waals surface area contributed by atoms with Crippen LogP contribution in [0, 0.1) is 0 Å². The van der Waals surface area contributed by atoms with Crippen LogP contribution in [0.2, 0.25) is 0 Å². The van der Waals surface area contributed by atoms with Crippen LogP contribution in [0.3, 0.4) is 0 Å². The lowest BCUT2D eigenvalue weighted by atomic mass is 10.1. The molecular formula is C18H25N5O3. The van der Waals surface area contributed by atoms with E-state index in [-0.39, 0.29) is 37.0 Å². The van der Waals surface area contributed by atoms with Gasteiger partial charge in [-0.05, 0) is 25.5 Å². The Kier molecular flexibility index (Phi) is 6.71. The van der Waals surface area contributed by atoms with Crippen molar-refractivity contribution in [2.24, 2.45) is 10.8 Å². The fourth-order valence-electron chi connectivity index (χ4n) is 2.53. The molecule has 1 aliphatic rings. The summed E-state index contributed by atoms with van der Waals surface area (Å²) < 4.78 is 0. The molecule has 1 aliphatic heterocycles. The molecule has 0 fully saturated rings. The number of hydrogen-bond acceptors (Lipinski definition) is 5. The molecule has 140 valence electrons. The van der Waals surface area contributed by atoms with Crippen LogP contribution in [0.5, 0.6) is 0 Å². The first-order valence-electron chi connectivity index (χ1n) is 8.71. The molecule has 8 nitrogen and oxygen atoms in total. The maximum absolute atomic E-state index is 12.3. The van der Waals surface area contributed by atoms with Crippen LogP contribution >= 0.6 is 0 Å². The quantitative estimate of drug-likeness (QED) is 0.627. The molecule has 2 atom stereocenters. The lowest BCUT2D eigenvalue weighted by molar-refractivity contribution is -0.122. The highest BCUT2D eigenvalue weighted by Gasteiger charge is 2.34. The van der Waals surface area contributed by atoms with Gasteiger partial charge in [0.1, 0.15) is 11.8 Å². The summed E-state index contributed by atoms with van der Waals surface area (Å²) in [6, 6.07) is 8.47. The first-order valence-corrected chi connectivity index (χ1v) is 8.71. The third-order valence-electron chi connectivity index (χ3n) is 4.18. The molecule has 4 N–H and O–H groups in total. The van der Waals surface area contributed by atoms with Crippen molar-refractivity contribution >= 4 is 29.1 Å². The number of anilines is 1. The van der Waals surface area contributed by atoms with Gasteiger partial charge in [0.05, 0.1) is 5.69 Å². The number of carbonyl (C=O) groups is 3. The number of carbonyl (C=O) groups excluding carboxylic acids is 3. The summed E-state index contributed by atoms with van der Waals surface area (Å²) in [6.45, 7) is 4.11. The van der Waals surface area contributed by atoms with Crippen LogP contribution in [-0.4, -0.2) is 42.1 Å². The topological polar surface area (TPSA) is 117 Å². The molecule has 2 rings (SSSR count). The van der Waals surface area contributed by atoms with Gasteiger partial charge < -0.3 is 16.4 Å². The molecule has 0 bridgehead atoms. The summed E-state index contributed by atoms with van der Waals surface area (Å²) in [5.74, 6) is -1.06. The predicted molar refractivity (Wildman–Crippen MR) is 99.5 cm³/mol. The van der Waals surface area contributed by atoms with Gasteiger partial charge in [-0.2, -0.15) is 5.10 Å². The van der Waals surface area contributed by atoms with Crippen LogP contribution < -0.4 is 21.4 Å². The van der Waals surface area contributed by atoms with Crippen molar-refractivity contribution in [3.63, 3.8) is 0 Å². The van der Waals surface area contributed by atoms with E-state index < -0.39 is 17.9 Å². The van der Waals surface area contributed by atoms with Gasteiger partial charge in [0.2, 0.25) is 11.8 Å². The smallest absolute Gasteiger partial charge is 0.267 e. The Morgan fingerprint density at radius 3 is 2.62 bits per heavy atom. The largest absolute Gasteiger partial charge is 0.368 e. The zero-order chi connectivity index (χ0) is 19.1. The molecule has 26 heavy (non-hydrogen) atoms. The van der Waals surface area contributed by atoms with Crippen molar-refractivity contribution in [2.45, 2.75) is 45.2 Å². The lowest BCUT2D eigenvalue weighted by Gasteiger charge is -2.20. The fourth-order valence-corrected chi connectivity index (χ4v) is 2.53. The van der Waals surface area contributed by atoms with E-state index in [4.69, 9.17) is 5.73 Å². The van der Waals surface area contributed by atoms with Gasteiger partial charge in [0, 0.05) is 25.4 Å². The van der Waals surface area contributed by atoms with Gasteiger partial charge in [-0.3, -0.25) is 19.4 Å². The highest BCUT2D eigenvalue weighted by atomic mass is 16.2. The van der Waals surface area contributed by atoms with Crippen molar-refractivity contribution in [3.05, 3.63) is 30.3 Å². The Hall–Kier alpha value is -2.90. The van der Waals surface area contributed by atoms with Crippen LogP contribution in [0.15, 0.2) is 35.4 Å². The Morgan fingerprint density at radius 1 is 1.31 bits per heavy atom. The SMILES string of the molecule is CC[C@H](C)NC(=O)CCNC(=O)C1=NN(c2ccccc2)[C@@H](C(N)=O)C1. The maximum atomic E-state index is 12.3. The number of nitrogens with zero attached hydrogens (tertiary/aromatic N) is 2. The monoisotopic (exact) mass is 359 g/mol. The fraction of sp³-hybridized carbons (Fsp3) is 0.444. The Bertz CT molecular complexity index is 689. The van der Waals surface area contributed by atoms with Crippen LogP contribution in [0.1, 0.15) is 33.1 Å². The minimum absolute atomic E-state index is 0.105. The van der Waals surface area contributed by atoms with E-state index in [1.807, 2.05) is 32.0 Å². The average Bonchev–Trinajstić information content (AvgIpc) is 3.08. The van der Waals surface area contributed by atoms with E-state index >= 15 is 0 Å². The second-order valence-corrected chi connectivity index (χ2v) is 6.23. The number of primary amides is 1. The van der Waals surface area contributed by atoms with Crippen LogP contribution in [-0.2, 0) is 14.4 Å². The number of rotatable bonds is 8. The number of nitrogens with two attached hydrogens (primary N) is 1. The number of hydrogen-bond donors (Lipinski definition) is 3. The highest BCUT2D eigenvalue weighted by molar-refractivity contribution is 6.40. The molecule has 0 aromatic heterocycles. The molecule has 0 saturated carbocycles. The van der Waals surface area contributed by atoms with Gasteiger partial charge in [0.25, 0.3) is 5.91 Å². The predicted octanol–water partition coefficient (Wildman–Crippen LogP) is 0.528.